The highest BCUT2D eigenvalue weighted by atomic mass is 79.9. The Morgan fingerprint density at radius 1 is 1.60 bits per heavy atom. The zero-order valence-electron chi connectivity index (χ0n) is 7.98. The van der Waals surface area contributed by atoms with Crippen LogP contribution in [0.15, 0.2) is 6.07 Å². The van der Waals surface area contributed by atoms with Crippen molar-refractivity contribution in [1.29, 1.82) is 0 Å². The molecule has 0 bridgehead atoms. The van der Waals surface area contributed by atoms with E-state index in [1.54, 1.807) is 6.07 Å². The molecule has 0 aliphatic carbocycles. The number of alkyl halides is 1. The quantitative estimate of drug-likeness (QED) is 0.686. The number of rotatable bonds is 3. The van der Waals surface area contributed by atoms with Crippen LogP contribution in [-0.2, 0) is 4.79 Å². The Hall–Kier alpha value is -0.320. The van der Waals surface area contributed by atoms with E-state index in [2.05, 4.69) is 26.2 Å². The molecule has 0 aliphatic rings. The van der Waals surface area contributed by atoms with Gasteiger partial charge in [0.15, 0.2) is 5.15 Å². The lowest BCUT2D eigenvalue weighted by molar-refractivity contribution is -0.115. The fraction of sp³-hybridized carbons (Fsp3) is 0.333. The molecular weight excluding hydrogens is 303 g/mol. The van der Waals surface area contributed by atoms with E-state index in [1.807, 2.05) is 6.92 Å². The third kappa shape index (κ3) is 3.63. The molecule has 0 aromatic carbocycles. The van der Waals surface area contributed by atoms with Gasteiger partial charge in [0.1, 0.15) is 5.15 Å². The predicted octanol–water partition coefficient (Wildman–Crippen LogP) is 3.42. The molecule has 0 fully saturated rings. The summed E-state index contributed by atoms with van der Waals surface area (Å²) >= 11 is 14.7. The normalized spacial score (nSPS) is 10.1. The summed E-state index contributed by atoms with van der Waals surface area (Å²) in [6, 6.07) is 1.65. The van der Waals surface area contributed by atoms with Crippen molar-refractivity contribution in [2.24, 2.45) is 0 Å². The van der Waals surface area contributed by atoms with Crippen molar-refractivity contribution in [3.8, 4) is 0 Å². The summed E-state index contributed by atoms with van der Waals surface area (Å²) in [6.45, 7) is 1.81. The van der Waals surface area contributed by atoms with Crippen LogP contribution in [0.5, 0.6) is 0 Å². The van der Waals surface area contributed by atoms with Crippen molar-refractivity contribution < 1.29 is 4.79 Å². The Labute approximate surface area is 106 Å². The predicted molar refractivity (Wildman–Crippen MR) is 66.0 cm³/mol. The molecule has 0 saturated heterocycles. The van der Waals surface area contributed by atoms with Gasteiger partial charge in [0.25, 0.3) is 0 Å². The van der Waals surface area contributed by atoms with Gasteiger partial charge in [-0.25, -0.2) is 4.98 Å². The molecule has 0 spiro atoms. The minimum Gasteiger partial charge on any atom is -0.323 e. The summed E-state index contributed by atoms with van der Waals surface area (Å²) in [6.07, 6.45) is 0.387. The van der Waals surface area contributed by atoms with E-state index in [4.69, 9.17) is 23.2 Å². The van der Waals surface area contributed by atoms with Gasteiger partial charge in [-0.3, -0.25) is 4.79 Å². The van der Waals surface area contributed by atoms with Crippen LogP contribution in [0.1, 0.15) is 12.0 Å². The Kier molecular flexibility index (Phi) is 4.83. The Balaban J connectivity index is 2.90. The highest BCUT2D eigenvalue weighted by Gasteiger charge is 2.10. The summed E-state index contributed by atoms with van der Waals surface area (Å²) in [7, 11) is 0. The third-order valence-corrected chi connectivity index (χ3v) is 2.59. The first kappa shape index (κ1) is 12.7. The first-order valence-corrected chi connectivity index (χ1v) is 6.10. The van der Waals surface area contributed by atoms with Crippen molar-refractivity contribution in [3.05, 3.63) is 21.9 Å². The zero-order chi connectivity index (χ0) is 11.4. The van der Waals surface area contributed by atoms with Crippen molar-refractivity contribution in [3.63, 3.8) is 0 Å². The number of nitrogens with one attached hydrogen (secondary N) is 1. The largest absolute Gasteiger partial charge is 0.323 e. The molecule has 0 saturated carbocycles. The van der Waals surface area contributed by atoms with Gasteiger partial charge in [-0.2, -0.15) is 0 Å². The summed E-state index contributed by atoms with van der Waals surface area (Å²) in [5.74, 6) is -0.110. The van der Waals surface area contributed by atoms with E-state index in [-0.39, 0.29) is 11.1 Å². The van der Waals surface area contributed by atoms with Gasteiger partial charge in [-0.1, -0.05) is 39.1 Å². The Morgan fingerprint density at radius 3 is 2.80 bits per heavy atom. The van der Waals surface area contributed by atoms with Crippen LogP contribution >= 0.6 is 39.1 Å². The molecule has 1 rings (SSSR count). The molecule has 1 aromatic heterocycles. The van der Waals surface area contributed by atoms with E-state index in [1.165, 1.54) is 0 Å². The maximum absolute atomic E-state index is 11.3. The molecule has 15 heavy (non-hydrogen) atoms. The molecule has 1 amide bonds. The number of halogens is 3. The number of carbonyl (C=O) groups is 1. The topological polar surface area (TPSA) is 42.0 Å². The van der Waals surface area contributed by atoms with Crippen LogP contribution in [0.3, 0.4) is 0 Å². The average molecular weight is 312 g/mol. The van der Waals surface area contributed by atoms with Gasteiger partial charge in [0.05, 0.1) is 5.69 Å². The van der Waals surface area contributed by atoms with E-state index < -0.39 is 0 Å². The maximum Gasteiger partial charge on any atom is 0.225 e. The second-order valence-electron chi connectivity index (χ2n) is 2.91. The summed E-state index contributed by atoms with van der Waals surface area (Å²) in [5.41, 5.74) is 1.31. The summed E-state index contributed by atoms with van der Waals surface area (Å²) < 4.78 is 0. The molecule has 0 radical (unpaired) electrons. The summed E-state index contributed by atoms with van der Waals surface area (Å²) in [4.78, 5) is 15.2. The molecule has 6 heteroatoms. The standard InChI is InChI=1S/C9H9BrCl2N2O/c1-5-4-6(11)13-9(12)8(5)14-7(15)2-3-10/h4H,2-3H2,1H3,(H,14,15). The van der Waals surface area contributed by atoms with E-state index in [0.717, 1.165) is 5.56 Å². The van der Waals surface area contributed by atoms with E-state index in [9.17, 15) is 4.79 Å². The van der Waals surface area contributed by atoms with Crippen LogP contribution in [-0.4, -0.2) is 16.2 Å². The number of carbonyl (C=O) groups excluding carboxylic acids is 1. The Morgan fingerprint density at radius 2 is 2.27 bits per heavy atom. The molecule has 82 valence electrons. The van der Waals surface area contributed by atoms with Crippen molar-refractivity contribution in [1.82, 2.24) is 4.98 Å². The number of hydrogen-bond donors (Lipinski definition) is 1. The molecule has 0 aliphatic heterocycles. The lowest BCUT2D eigenvalue weighted by atomic mass is 10.2. The molecule has 1 N–H and O–H groups in total. The molecule has 0 unspecified atom stereocenters. The molecule has 3 nitrogen and oxygen atoms in total. The number of anilines is 1. The monoisotopic (exact) mass is 310 g/mol. The highest BCUT2D eigenvalue weighted by Crippen LogP contribution is 2.26. The average Bonchev–Trinajstić information content (AvgIpc) is 2.11. The van der Waals surface area contributed by atoms with E-state index >= 15 is 0 Å². The van der Waals surface area contributed by atoms with Crippen LogP contribution in [0.4, 0.5) is 5.69 Å². The fourth-order valence-electron chi connectivity index (χ4n) is 1.03. The number of amides is 1. The lowest BCUT2D eigenvalue weighted by Gasteiger charge is -2.09. The minimum absolute atomic E-state index is 0.110. The second-order valence-corrected chi connectivity index (χ2v) is 4.45. The third-order valence-electron chi connectivity index (χ3n) is 1.73. The van der Waals surface area contributed by atoms with Crippen LogP contribution in [0.2, 0.25) is 10.3 Å². The van der Waals surface area contributed by atoms with Crippen molar-refractivity contribution in [2.75, 3.05) is 10.6 Å². The number of aryl methyl sites for hydroxylation is 1. The van der Waals surface area contributed by atoms with Gasteiger partial charge in [0, 0.05) is 11.8 Å². The Bertz CT molecular complexity index is 361. The van der Waals surface area contributed by atoms with Crippen LogP contribution < -0.4 is 5.32 Å². The fourth-order valence-corrected chi connectivity index (χ4v) is 1.97. The molecular formula is C9H9BrCl2N2O. The first-order chi connectivity index (χ1) is 7.04. The van der Waals surface area contributed by atoms with Crippen molar-refractivity contribution >= 4 is 50.7 Å². The maximum atomic E-state index is 11.3. The highest BCUT2D eigenvalue weighted by molar-refractivity contribution is 9.09. The smallest absolute Gasteiger partial charge is 0.225 e. The van der Waals surface area contributed by atoms with E-state index in [0.29, 0.717) is 22.6 Å². The zero-order valence-corrected chi connectivity index (χ0v) is 11.1. The molecule has 0 atom stereocenters. The first-order valence-electron chi connectivity index (χ1n) is 4.23. The number of hydrogen-bond acceptors (Lipinski definition) is 2. The lowest BCUT2D eigenvalue weighted by Crippen LogP contribution is -2.13. The van der Waals surface area contributed by atoms with Gasteiger partial charge < -0.3 is 5.32 Å². The number of nitrogens with zero attached hydrogens (tertiary/aromatic N) is 1. The van der Waals surface area contributed by atoms with Gasteiger partial charge in [-0.15, -0.1) is 0 Å². The van der Waals surface area contributed by atoms with Gasteiger partial charge >= 0.3 is 0 Å². The SMILES string of the molecule is Cc1cc(Cl)nc(Cl)c1NC(=O)CCBr. The summed E-state index contributed by atoms with van der Waals surface area (Å²) in [5, 5.41) is 3.82. The number of aromatic nitrogens is 1. The van der Waals surface area contributed by atoms with Crippen LogP contribution in [0, 0.1) is 6.92 Å². The van der Waals surface area contributed by atoms with Crippen LogP contribution in [0.25, 0.3) is 0 Å². The van der Waals surface area contributed by atoms with Gasteiger partial charge in [0.2, 0.25) is 5.91 Å². The van der Waals surface area contributed by atoms with Gasteiger partial charge in [-0.05, 0) is 18.6 Å². The molecule has 1 aromatic rings. The van der Waals surface area contributed by atoms with Crippen molar-refractivity contribution in [2.45, 2.75) is 13.3 Å². The minimum atomic E-state index is -0.110. The second kappa shape index (κ2) is 5.68. The molecule has 1 heterocycles. The number of pyridine rings is 1.